The van der Waals surface area contributed by atoms with Crippen LogP contribution in [0.5, 0.6) is 0 Å². The van der Waals surface area contributed by atoms with Gasteiger partial charge in [0.15, 0.2) is 0 Å². The summed E-state index contributed by atoms with van der Waals surface area (Å²) < 4.78 is 0.908. The van der Waals surface area contributed by atoms with E-state index in [4.69, 9.17) is 11.6 Å². The molecule has 0 radical (unpaired) electrons. The van der Waals surface area contributed by atoms with Crippen LogP contribution in [-0.4, -0.2) is 14.9 Å². The zero-order valence-electron chi connectivity index (χ0n) is 9.21. The normalized spacial score (nSPS) is 10.2. The highest BCUT2D eigenvalue weighted by molar-refractivity contribution is 5.59. The maximum absolute atomic E-state index is 11.5. The molecule has 0 saturated carbocycles. The maximum atomic E-state index is 11.5. The third kappa shape index (κ3) is 2.17. The van der Waals surface area contributed by atoms with Crippen molar-refractivity contribution in [2.75, 3.05) is 16.9 Å². The summed E-state index contributed by atoms with van der Waals surface area (Å²) in [6, 6.07) is 7.01. The Labute approximate surface area is 97.1 Å². The van der Waals surface area contributed by atoms with E-state index in [1.807, 2.05) is 0 Å². The van der Waals surface area contributed by atoms with E-state index in [0.29, 0.717) is 11.4 Å². The molecule has 0 spiro atoms. The van der Waals surface area contributed by atoms with Gasteiger partial charge in [-0.1, -0.05) is 6.07 Å². The molecule has 0 aliphatic rings. The average molecular weight is 232 g/mol. The number of nitrogen functional groups attached to an aromatic ring is 2. The van der Waals surface area contributed by atoms with Crippen LogP contribution in [0.4, 0.5) is 17.3 Å². The van der Waals surface area contributed by atoms with E-state index in [1.54, 1.807) is 31.2 Å². The molecule has 2 aromatic rings. The van der Waals surface area contributed by atoms with Crippen molar-refractivity contribution >= 4 is 17.3 Å². The maximum Gasteiger partial charge on any atom is 0.295 e. The van der Waals surface area contributed by atoms with Crippen LogP contribution in [0.25, 0.3) is 0 Å². The molecule has 0 aliphatic heterocycles. The minimum atomic E-state index is -0.397. The van der Waals surface area contributed by atoms with Gasteiger partial charge >= 0.3 is 0 Å². The van der Waals surface area contributed by atoms with Crippen molar-refractivity contribution in [2.24, 2.45) is 0 Å². The summed E-state index contributed by atoms with van der Waals surface area (Å²) in [7, 11) is 0. The SMILES string of the molecule is Cc1nnc(Nc2cccc(N)c2)n(N)c1=O. The van der Waals surface area contributed by atoms with Crippen molar-refractivity contribution in [3.63, 3.8) is 0 Å². The molecule has 1 aromatic heterocycles. The van der Waals surface area contributed by atoms with Crippen LogP contribution in [-0.2, 0) is 0 Å². The van der Waals surface area contributed by atoms with Crippen molar-refractivity contribution < 1.29 is 0 Å². The molecule has 0 fully saturated rings. The Bertz CT molecular complexity index is 606. The summed E-state index contributed by atoms with van der Waals surface area (Å²) in [5.41, 5.74) is 6.75. The Kier molecular flexibility index (Phi) is 2.65. The highest BCUT2D eigenvalue weighted by Crippen LogP contribution is 2.15. The minimum absolute atomic E-state index is 0.159. The number of hydrogen-bond donors (Lipinski definition) is 3. The van der Waals surface area contributed by atoms with Gasteiger partial charge in [0.2, 0.25) is 5.95 Å². The highest BCUT2D eigenvalue weighted by Gasteiger charge is 2.06. The van der Waals surface area contributed by atoms with Gasteiger partial charge in [-0.2, -0.15) is 4.68 Å². The van der Waals surface area contributed by atoms with Gasteiger partial charge in [0.1, 0.15) is 5.69 Å². The third-order valence-electron chi connectivity index (χ3n) is 2.19. The average Bonchev–Trinajstić information content (AvgIpc) is 2.30. The fourth-order valence-corrected chi connectivity index (χ4v) is 1.31. The smallest absolute Gasteiger partial charge is 0.295 e. The van der Waals surface area contributed by atoms with E-state index in [1.165, 1.54) is 0 Å². The number of nitrogens with two attached hydrogens (primary N) is 2. The topological polar surface area (TPSA) is 112 Å². The Balaban J connectivity index is 2.37. The lowest BCUT2D eigenvalue weighted by Crippen LogP contribution is -2.32. The molecule has 1 aromatic carbocycles. The summed E-state index contributed by atoms with van der Waals surface area (Å²) in [6.07, 6.45) is 0. The zero-order valence-corrected chi connectivity index (χ0v) is 9.21. The molecule has 7 nitrogen and oxygen atoms in total. The molecular formula is C10H12N6O. The molecule has 0 aliphatic carbocycles. The van der Waals surface area contributed by atoms with Crippen LogP contribution < -0.4 is 22.5 Å². The Morgan fingerprint density at radius 1 is 1.35 bits per heavy atom. The summed E-state index contributed by atoms with van der Waals surface area (Å²) in [4.78, 5) is 11.5. The second-order valence-electron chi connectivity index (χ2n) is 3.53. The molecular weight excluding hydrogens is 220 g/mol. The first-order valence-corrected chi connectivity index (χ1v) is 4.92. The first kappa shape index (κ1) is 10.9. The van der Waals surface area contributed by atoms with Crippen LogP contribution in [0.1, 0.15) is 5.69 Å². The Morgan fingerprint density at radius 2 is 2.12 bits per heavy atom. The predicted molar refractivity (Wildman–Crippen MR) is 65.3 cm³/mol. The lowest BCUT2D eigenvalue weighted by atomic mass is 10.3. The Hall–Kier alpha value is -2.57. The summed E-state index contributed by atoms with van der Waals surface area (Å²) in [5.74, 6) is 5.74. The molecule has 0 saturated heterocycles. The van der Waals surface area contributed by atoms with Gasteiger partial charge in [-0.15, -0.1) is 10.2 Å². The third-order valence-corrected chi connectivity index (χ3v) is 2.19. The van der Waals surface area contributed by atoms with E-state index >= 15 is 0 Å². The molecule has 88 valence electrons. The molecule has 17 heavy (non-hydrogen) atoms. The summed E-state index contributed by atoms with van der Waals surface area (Å²) in [6.45, 7) is 1.54. The largest absolute Gasteiger partial charge is 0.399 e. The number of rotatable bonds is 2. The van der Waals surface area contributed by atoms with Crippen molar-refractivity contribution in [2.45, 2.75) is 6.92 Å². The quantitative estimate of drug-likeness (QED) is 0.496. The standard InChI is InChI=1S/C10H12N6O/c1-6-9(17)16(12)10(15-14-6)13-8-4-2-3-7(11)5-8/h2-5H,11-12H2,1H3,(H,13,15). The molecule has 1 heterocycles. The molecule has 5 N–H and O–H groups in total. The van der Waals surface area contributed by atoms with E-state index in [9.17, 15) is 4.79 Å². The van der Waals surface area contributed by atoms with Gasteiger partial charge in [0.25, 0.3) is 5.56 Å². The van der Waals surface area contributed by atoms with E-state index in [2.05, 4.69) is 15.5 Å². The van der Waals surface area contributed by atoms with Gasteiger partial charge < -0.3 is 16.9 Å². The van der Waals surface area contributed by atoms with E-state index < -0.39 is 5.56 Å². The lowest BCUT2D eigenvalue weighted by Gasteiger charge is -2.09. The number of benzene rings is 1. The first-order valence-electron chi connectivity index (χ1n) is 4.92. The van der Waals surface area contributed by atoms with Crippen LogP contribution in [0.2, 0.25) is 0 Å². The van der Waals surface area contributed by atoms with Crippen molar-refractivity contribution in [3.8, 4) is 0 Å². The predicted octanol–water partition coefficient (Wildman–Crippen LogP) is -0.0137. The van der Waals surface area contributed by atoms with Crippen molar-refractivity contribution in [1.29, 1.82) is 0 Å². The fraction of sp³-hybridized carbons (Fsp3) is 0.100. The van der Waals surface area contributed by atoms with Gasteiger partial charge in [-0.05, 0) is 25.1 Å². The van der Waals surface area contributed by atoms with Gasteiger partial charge in [-0.3, -0.25) is 4.79 Å². The number of hydrogen-bond acceptors (Lipinski definition) is 6. The molecule has 0 atom stereocenters. The van der Waals surface area contributed by atoms with Gasteiger partial charge in [-0.25, -0.2) is 0 Å². The van der Waals surface area contributed by atoms with Gasteiger partial charge in [0, 0.05) is 11.4 Å². The zero-order chi connectivity index (χ0) is 12.4. The van der Waals surface area contributed by atoms with Crippen LogP contribution in [0, 0.1) is 6.92 Å². The second-order valence-corrected chi connectivity index (χ2v) is 3.53. The number of nitrogens with zero attached hydrogens (tertiary/aromatic N) is 3. The molecule has 0 unspecified atom stereocenters. The van der Waals surface area contributed by atoms with Gasteiger partial charge in [0.05, 0.1) is 0 Å². The highest BCUT2D eigenvalue weighted by atomic mass is 16.1. The molecule has 0 bridgehead atoms. The molecule has 0 amide bonds. The second kappa shape index (κ2) is 4.12. The van der Waals surface area contributed by atoms with E-state index in [0.717, 1.165) is 4.68 Å². The number of anilines is 3. The number of aromatic nitrogens is 3. The van der Waals surface area contributed by atoms with Crippen LogP contribution >= 0.6 is 0 Å². The molecule has 2 rings (SSSR count). The number of aryl methyl sites for hydroxylation is 1. The van der Waals surface area contributed by atoms with Crippen molar-refractivity contribution in [3.05, 3.63) is 40.3 Å². The first-order chi connectivity index (χ1) is 8.08. The van der Waals surface area contributed by atoms with Crippen LogP contribution in [0.3, 0.4) is 0 Å². The fourth-order valence-electron chi connectivity index (χ4n) is 1.31. The number of nitrogens with one attached hydrogen (secondary N) is 1. The van der Waals surface area contributed by atoms with Crippen molar-refractivity contribution in [1.82, 2.24) is 14.9 Å². The minimum Gasteiger partial charge on any atom is -0.399 e. The summed E-state index contributed by atoms with van der Waals surface area (Å²) in [5, 5.41) is 10.4. The Morgan fingerprint density at radius 3 is 2.82 bits per heavy atom. The monoisotopic (exact) mass is 232 g/mol. The lowest BCUT2D eigenvalue weighted by molar-refractivity contribution is 0.808. The van der Waals surface area contributed by atoms with Crippen LogP contribution in [0.15, 0.2) is 29.1 Å². The van der Waals surface area contributed by atoms with E-state index in [-0.39, 0.29) is 11.6 Å². The molecule has 7 heteroatoms. The summed E-state index contributed by atoms with van der Waals surface area (Å²) >= 11 is 0.